The summed E-state index contributed by atoms with van der Waals surface area (Å²) in [7, 11) is 0. The minimum atomic E-state index is -1.94. The zero-order valence-corrected chi connectivity index (χ0v) is 16.1. The SMILES string of the molecule is C[C@H](c1ccccc1)n1ncc(F)c1C(=O)C1(OCC(C)(C)C)OCCO1. The van der Waals surface area contributed by atoms with Gasteiger partial charge in [-0.25, -0.2) is 4.39 Å². The molecule has 2 aromatic rings. The summed E-state index contributed by atoms with van der Waals surface area (Å²) in [5.74, 6) is -3.40. The van der Waals surface area contributed by atoms with Gasteiger partial charge in [0.05, 0.1) is 32.1 Å². The van der Waals surface area contributed by atoms with Crippen LogP contribution in [0.5, 0.6) is 0 Å². The number of hydrogen-bond acceptors (Lipinski definition) is 5. The molecule has 1 fully saturated rings. The van der Waals surface area contributed by atoms with Crippen LogP contribution in [0, 0.1) is 11.2 Å². The Morgan fingerprint density at radius 2 is 1.93 bits per heavy atom. The van der Waals surface area contributed by atoms with Gasteiger partial charge < -0.3 is 14.2 Å². The number of ether oxygens (including phenoxy) is 3. The molecule has 7 heteroatoms. The molecule has 1 aliphatic heterocycles. The molecule has 0 saturated carbocycles. The number of hydrogen-bond donors (Lipinski definition) is 0. The molecular formula is C20H25FN2O4. The Morgan fingerprint density at radius 1 is 1.30 bits per heavy atom. The predicted molar refractivity (Wildman–Crippen MR) is 96.8 cm³/mol. The van der Waals surface area contributed by atoms with E-state index in [1.807, 2.05) is 58.0 Å². The summed E-state index contributed by atoms with van der Waals surface area (Å²) in [5, 5.41) is 4.08. The van der Waals surface area contributed by atoms with E-state index in [0.29, 0.717) is 0 Å². The Balaban J connectivity index is 1.95. The molecule has 0 N–H and O–H groups in total. The first-order valence-corrected chi connectivity index (χ1v) is 8.98. The Labute approximate surface area is 158 Å². The van der Waals surface area contributed by atoms with Gasteiger partial charge in [0.1, 0.15) is 5.69 Å². The van der Waals surface area contributed by atoms with E-state index in [1.165, 1.54) is 4.68 Å². The quantitative estimate of drug-likeness (QED) is 0.721. The van der Waals surface area contributed by atoms with Crippen molar-refractivity contribution in [3.8, 4) is 0 Å². The van der Waals surface area contributed by atoms with Crippen LogP contribution >= 0.6 is 0 Å². The molecule has 0 bridgehead atoms. The lowest BCUT2D eigenvalue weighted by Gasteiger charge is -2.29. The third kappa shape index (κ3) is 4.10. The average Bonchev–Trinajstić information content (AvgIpc) is 3.26. The van der Waals surface area contributed by atoms with E-state index < -0.39 is 17.6 Å². The molecule has 146 valence electrons. The van der Waals surface area contributed by atoms with Gasteiger partial charge in [0.15, 0.2) is 5.82 Å². The molecule has 27 heavy (non-hydrogen) atoms. The lowest BCUT2D eigenvalue weighted by molar-refractivity contribution is -0.298. The van der Waals surface area contributed by atoms with E-state index in [0.717, 1.165) is 11.8 Å². The van der Waals surface area contributed by atoms with Gasteiger partial charge in [-0.05, 0) is 17.9 Å². The van der Waals surface area contributed by atoms with Gasteiger partial charge in [0, 0.05) is 0 Å². The fraction of sp³-hybridized carbons (Fsp3) is 0.500. The lowest BCUT2D eigenvalue weighted by Crippen LogP contribution is -2.46. The van der Waals surface area contributed by atoms with E-state index in [4.69, 9.17) is 14.2 Å². The molecule has 0 aliphatic carbocycles. The van der Waals surface area contributed by atoms with Gasteiger partial charge in [0.25, 0.3) is 5.78 Å². The highest BCUT2D eigenvalue weighted by atomic mass is 19.1. The van der Waals surface area contributed by atoms with Crippen LogP contribution < -0.4 is 0 Å². The summed E-state index contributed by atoms with van der Waals surface area (Å²) < 4.78 is 32.7. The second-order valence-electron chi connectivity index (χ2n) is 7.80. The monoisotopic (exact) mass is 376 g/mol. The van der Waals surface area contributed by atoms with Crippen molar-refractivity contribution in [2.75, 3.05) is 19.8 Å². The van der Waals surface area contributed by atoms with Gasteiger partial charge in [-0.3, -0.25) is 9.48 Å². The number of carbonyl (C=O) groups is 1. The first-order valence-electron chi connectivity index (χ1n) is 8.98. The van der Waals surface area contributed by atoms with Crippen molar-refractivity contribution in [1.29, 1.82) is 0 Å². The number of Topliss-reactive ketones (excluding diaryl/α,β-unsaturated/α-hetero) is 1. The molecule has 3 rings (SSSR count). The highest BCUT2D eigenvalue weighted by Gasteiger charge is 2.50. The average molecular weight is 376 g/mol. The van der Waals surface area contributed by atoms with Crippen molar-refractivity contribution in [3.63, 3.8) is 0 Å². The van der Waals surface area contributed by atoms with E-state index in [-0.39, 0.29) is 37.0 Å². The largest absolute Gasteiger partial charge is 0.353 e. The molecule has 0 amide bonds. The predicted octanol–water partition coefficient (Wildman–Crippen LogP) is 3.58. The summed E-state index contributed by atoms with van der Waals surface area (Å²) in [5.41, 5.74) is 0.452. The summed E-state index contributed by atoms with van der Waals surface area (Å²) >= 11 is 0. The standard InChI is InChI=1S/C20H25FN2O4/c1-14(15-8-6-5-7-9-15)23-17(16(21)12-22-23)18(24)20(25-10-11-26-20)27-13-19(2,3)4/h5-9,12,14H,10-11,13H2,1-4H3/t14-/m1/s1. The number of nitrogens with zero attached hydrogens (tertiary/aromatic N) is 2. The Hall–Kier alpha value is -2.09. The normalized spacial score (nSPS) is 17.8. The van der Waals surface area contributed by atoms with Gasteiger partial charge in [-0.1, -0.05) is 51.1 Å². The second-order valence-corrected chi connectivity index (χ2v) is 7.80. The summed E-state index contributed by atoms with van der Waals surface area (Å²) in [4.78, 5) is 13.2. The number of rotatable bonds is 6. The summed E-state index contributed by atoms with van der Waals surface area (Å²) in [6.07, 6.45) is 1.03. The molecule has 2 heterocycles. The molecule has 1 saturated heterocycles. The molecule has 1 aromatic carbocycles. The van der Waals surface area contributed by atoms with Crippen molar-refractivity contribution in [3.05, 3.63) is 53.6 Å². The van der Waals surface area contributed by atoms with Crippen molar-refractivity contribution in [2.24, 2.45) is 5.41 Å². The molecule has 6 nitrogen and oxygen atoms in total. The van der Waals surface area contributed by atoms with Crippen LogP contribution in [0.1, 0.15) is 49.8 Å². The van der Waals surface area contributed by atoms with Crippen molar-refractivity contribution >= 4 is 5.78 Å². The van der Waals surface area contributed by atoms with Gasteiger partial charge in [0.2, 0.25) is 0 Å². The van der Waals surface area contributed by atoms with Crippen molar-refractivity contribution in [1.82, 2.24) is 9.78 Å². The molecule has 0 radical (unpaired) electrons. The zero-order valence-electron chi connectivity index (χ0n) is 16.1. The maximum Gasteiger partial charge on any atom is 0.353 e. The fourth-order valence-electron chi connectivity index (χ4n) is 2.85. The number of aromatic nitrogens is 2. The smallest absolute Gasteiger partial charge is 0.320 e. The van der Waals surface area contributed by atoms with Crippen LogP contribution in [0.15, 0.2) is 36.5 Å². The first-order chi connectivity index (χ1) is 12.7. The number of benzene rings is 1. The maximum absolute atomic E-state index is 14.6. The molecule has 0 spiro atoms. The third-order valence-electron chi connectivity index (χ3n) is 4.26. The van der Waals surface area contributed by atoms with Gasteiger partial charge in [-0.2, -0.15) is 5.10 Å². The number of carbonyl (C=O) groups excluding carboxylic acids is 1. The van der Waals surface area contributed by atoms with E-state index in [9.17, 15) is 9.18 Å². The molecule has 0 unspecified atom stereocenters. The van der Waals surface area contributed by atoms with Crippen molar-refractivity contribution in [2.45, 2.75) is 39.7 Å². The highest BCUT2D eigenvalue weighted by Crippen LogP contribution is 2.31. The molecule has 1 aromatic heterocycles. The van der Waals surface area contributed by atoms with Crippen LogP contribution in [-0.4, -0.2) is 41.4 Å². The summed E-state index contributed by atoms with van der Waals surface area (Å²) in [6.45, 7) is 8.33. The van der Waals surface area contributed by atoms with Crippen LogP contribution in [0.25, 0.3) is 0 Å². The minimum Gasteiger partial charge on any atom is -0.320 e. The van der Waals surface area contributed by atoms with Crippen molar-refractivity contribution < 1.29 is 23.4 Å². The summed E-state index contributed by atoms with van der Waals surface area (Å²) in [6, 6.07) is 9.09. The molecule has 1 atom stereocenters. The minimum absolute atomic E-state index is 0.194. The fourth-order valence-corrected chi connectivity index (χ4v) is 2.85. The van der Waals surface area contributed by atoms with E-state index in [1.54, 1.807) is 0 Å². The number of ketones is 1. The van der Waals surface area contributed by atoms with E-state index in [2.05, 4.69) is 5.10 Å². The van der Waals surface area contributed by atoms with Crippen LogP contribution in [-0.2, 0) is 14.2 Å². The topological polar surface area (TPSA) is 62.6 Å². The van der Waals surface area contributed by atoms with Gasteiger partial charge >= 0.3 is 5.97 Å². The molecule has 1 aliphatic rings. The number of halogens is 1. The Kier molecular flexibility index (Phi) is 5.46. The van der Waals surface area contributed by atoms with Crippen LogP contribution in [0.2, 0.25) is 0 Å². The van der Waals surface area contributed by atoms with Gasteiger partial charge in [-0.15, -0.1) is 0 Å². The highest BCUT2D eigenvalue weighted by molar-refractivity contribution is 5.99. The third-order valence-corrected chi connectivity index (χ3v) is 4.26. The Bertz CT molecular complexity index is 792. The van der Waals surface area contributed by atoms with Crippen LogP contribution in [0.4, 0.5) is 4.39 Å². The Morgan fingerprint density at radius 3 is 2.52 bits per heavy atom. The zero-order chi connectivity index (χ0) is 19.7. The lowest BCUT2D eigenvalue weighted by atomic mass is 9.98. The van der Waals surface area contributed by atoms with Crippen LogP contribution in [0.3, 0.4) is 0 Å². The van der Waals surface area contributed by atoms with E-state index >= 15 is 0 Å². The second kappa shape index (κ2) is 7.50. The first kappa shape index (κ1) is 19.7. The molecular weight excluding hydrogens is 351 g/mol. The maximum atomic E-state index is 14.6.